The molecule has 1 unspecified atom stereocenters. The van der Waals surface area contributed by atoms with E-state index in [1.807, 2.05) is 74.2 Å². The number of aryl methyl sites for hydroxylation is 3. The molecule has 2 N–H and O–H groups in total. The van der Waals surface area contributed by atoms with E-state index in [2.05, 4.69) is 28.9 Å². The highest BCUT2D eigenvalue weighted by Gasteiger charge is 2.42. The summed E-state index contributed by atoms with van der Waals surface area (Å²) < 4.78 is 5.67. The number of phenolic OH excluding ortho intramolecular Hbond substituents is 1. The highest BCUT2D eigenvalue weighted by atomic mass is 16.5. The minimum Gasteiger partial charge on any atom is -0.507 e. The van der Waals surface area contributed by atoms with E-state index in [1.54, 1.807) is 6.08 Å². The van der Waals surface area contributed by atoms with Crippen molar-refractivity contribution in [2.45, 2.75) is 33.4 Å². The second kappa shape index (κ2) is 9.38. The lowest BCUT2D eigenvalue weighted by molar-refractivity contribution is 0.0730. The van der Waals surface area contributed by atoms with Crippen LogP contribution in [0, 0.1) is 20.8 Å². The fourth-order valence-corrected chi connectivity index (χ4v) is 4.84. The Balaban J connectivity index is 1.63. The minimum absolute atomic E-state index is 0.120. The molecule has 4 aromatic rings. The second-order valence-electron chi connectivity index (χ2n) is 9.33. The van der Waals surface area contributed by atoms with E-state index < -0.39 is 0 Å². The molecule has 0 saturated carbocycles. The van der Waals surface area contributed by atoms with Crippen LogP contribution in [0.25, 0.3) is 11.3 Å². The van der Waals surface area contributed by atoms with Gasteiger partial charge in [0.05, 0.1) is 6.04 Å². The number of nitrogens with one attached hydrogen (secondary N) is 1. The first-order valence-electron chi connectivity index (χ1n) is 12.0. The average Bonchev–Trinajstić information content (AvgIpc) is 3.41. The Morgan fingerprint density at radius 2 is 1.78 bits per heavy atom. The zero-order chi connectivity index (χ0) is 25.4. The number of hydrogen-bond acceptors (Lipinski definition) is 4. The van der Waals surface area contributed by atoms with Crippen molar-refractivity contribution in [2.75, 3.05) is 6.61 Å². The molecule has 1 atom stereocenters. The van der Waals surface area contributed by atoms with Crippen molar-refractivity contribution in [3.05, 3.63) is 112 Å². The molecular weight excluding hydrogens is 450 g/mol. The summed E-state index contributed by atoms with van der Waals surface area (Å²) in [5, 5.41) is 18.4. The molecule has 1 amide bonds. The first kappa shape index (κ1) is 23.4. The van der Waals surface area contributed by atoms with Gasteiger partial charge in [0, 0.05) is 17.7 Å². The molecule has 36 heavy (non-hydrogen) atoms. The summed E-state index contributed by atoms with van der Waals surface area (Å²) in [6.45, 7) is 10.5. The fraction of sp³-hybridized carbons (Fsp3) is 0.200. The molecule has 1 aliphatic heterocycles. The number of amides is 1. The van der Waals surface area contributed by atoms with Crippen LogP contribution in [0.4, 0.5) is 0 Å². The van der Waals surface area contributed by atoms with Crippen LogP contribution >= 0.6 is 0 Å². The van der Waals surface area contributed by atoms with Crippen molar-refractivity contribution in [2.24, 2.45) is 0 Å². The summed E-state index contributed by atoms with van der Waals surface area (Å²) in [5.74, 6) is 0.782. The molecule has 0 radical (unpaired) electrons. The van der Waals surface area contributed by atoms with Gasteiger partial charge >= 0.3 is 0 Å². The molecule has 0 saturated heterocycles. The van der Waals surface area contributed by atoms with Gasteiger partial charge in [-0.05, 0) is 61.2 Å². The van der Waals surface area contributed by atoms with E-state index in [4.69, 9.17) is 4.74 Å². The molecule has 1 aliphatic rings. The molecule has 0 bridgehead atoms. The summed E-state index contributed by atoms with van der Waals surface area (Å²) in [5.41, 5.74) is 7.35. The quantitative estimate of drug-likeness (QED) is 0.318. The number of carbonyl (C=O) groups is 1. The van der Waals surface area contributed by atoms with Gasteiger partial charge in [-0.25, -0.2) is 0 Å². The molecule has 6 heteroatoms. The van der Waals surface area contributed by atoms with Crippen LogP contribution in [0.2, 0.25) is 0 Å². The molecule has 3 aromatic carbocycles. The van der Waals surface area contributed by atoms with Gasteiger partial charge < -0.3 is 14.7 Å². The van der Waals surface area contributed by atoms with Crippen LogP contribution in [-0.2, 0) is 6.54 Å². The smallest absolute Gasteiger partial charge is 0.273 e. The standard InChI is InChI=1S/C30H29N3O3/c1-5-14-36-23-12-10-22(11-13-23)28-25-26(24-16-19(3)15-20(4)29(24)34)31-32-27(25)30(35)33(28)17-21-8-6-18(2)7-9-21/h5-13,15-16,28,34H,1,14,17H2,2-4H3,(H,31,32). The average molecular weight is 480 g/mol. The second-order valence-corrected chi connectivity index (χ2v) is 9.33. The predicted octanol–water partition coefficient (Wildman–Crippen LogP) is 6.02. The summed E-state index contributed by atoms with van der Waals surface area (Å²) >= 11 is 0. The zero-order valence-electron chi connectivity index (χ0n) is 20.7. The molecule has 6 nitrogen and oxygen atoms in total. The van der Waals surface area contributed by atoms with Crippen LogP contribution in [0.5, 0.6) is 11.5 Å². The third-order valence-corrected chi connectivity index (χ3v) is 6.60. The maximum Gasteiger partial charge on any atom is 0.273 e. The summed E-state index contributed by atoms with van der Waals surface area (Å²) in [6.07, 6.45) is 1.70. The Kier molecular flexibility index (Phi) is 6.10. The van der Waals surface area contributed by atoms with Crippen molar-refractivity contribution in [3.8, 4) is 22.8 Å². The number of aromatic amines is 1. The zero-order valence-corrected chi connectivity index (χ0v) is 20.7. The Hall–Kier alpha value is -4.32. The van der Waals surface area contributed by atoms with Gasteiger partial charge in [-0.3, -0.25) is 9.89 Å². The van der Waals surface area contributed by atoms with Gasteiger partial charge in [0.15, 0.2) is 0 Å². The van der Waals surface area contributed by atoms with E-state index in [0.717, 1.165) is 33.6 Å². The van der Waals surface area contributed by atoms with Crippen LogP contribution in [-0.4, -0.2) is 32.7 Å². The number of aromatic hydroxyl groups is 1. The molecule has 0 spiro atoms. The lowest BCUT2D eigenvalue weighted by Gasteiger charge is -2.27. The highest BCUT2D eigenvalue weighted by molar-refractivity contribution is 6.00. The highest BCUT2D eigenvalue weighted by Crippen LogP contribution is 2.46. The van der Waals surface area contributed by atoms with E-state index in [9.17, 15) is 9.90 Å². The van der Waals surface area contributed by atoms with Gasteiger partial charge in [-0.1, -0.05) is 60.7 Å². The van der Waals surface area contributed by atoms with Crippen LogP contribution in [0.15, 0.2) is 73.3 Å². The number of ether oxygens (including phenoxy) is 1. The molecule has 1 aromatic heterocycles. The normalized spacial score (nSPS) is 14.7. The van der Waals surface area contributed by atoms with Gasteiger partial charge in [-0.2, -0.15) is 5.10 Å². The van der Waals surface area contributed by atoms with Crippen LogP contribution < -0.4 is 4.74 Å². The number of benzene rings is 3. The maximum atomic E-state index is 13.7. The SMILES string of the molecule is C=CCOc1ccc(C2c3c(-c4cc(C)cc(C)c4O)n[nH]c3C(=O)N2Cc2ccc(C)cc2)cc1. The Bertz CT molecular complexity index is 1440. The lowest BCUT2D eigenvalue weighted by Crippen LogP contribution is -2.29. The van der Waals surface area contributed by atoms with Gasteiger partial charge in [0.2, 0.25) is 0 Å². The third-order valence-electron chi connectivity index (χ3n) is 6.60. The Labute approximate surface area is 210 Å². The van der Waals surface area contributed by atoms with Crippen LogP contribution in [0.3, 0.4) is 0 Å². The summed E-state index contributed by atoms with van der Waals surface area (Å²) in [7, 11) is 0. The van der Waals surface area contributed by atoms with Crippen LogP contribution in [0.1, 0.15) is 49.9 Å². The molecular formula is C30H29N3O3. The number of rotatable bonds is 7. The van der Waals surface area contributed by atoms with E-state index in [-0.39, 0.29) is 17.7 Å². The maximum absolute atomic E-state index is 13.7. The molecule has 182 valence electrons. The number of fused-ring (bicyclic) bond motifs is 1. The molecule has 0 fully saturated rings. The first-order chi connectivity index (χ1) is 17.4. The fourth-order valence-electron chi connectivity index (χ4n) is 4.84. The van der Waals surface area contributed by atoms with Gasteiger partial charge in [-0.15, -0.1) is 0 Å². The third kappa shape index (κ3) is 4.15. The predicted molar refractivity (Wildman–Crippen MR) is 140 cm³/mol. The Morgan fingerprint density at radius 1 is 1.06 bits per heavy atom. The van der Waals surface area contributed by atoms with Crippen molar-refractivity contribution in [1.82, 2.24) is 15.1 Å². The number of phenols is 1. The number of carbonyl (C=O) groups excluding carboxylic acids is 1. The van der Waals surface area contributed by atoms with Crippen molar-refractivity contribution >= 4 is 5.91 Å². The van der Waals surface area contributed by atoms with E-state index in [1.165, 1.54) is 5.56 Å². The summed E-state index contributed by atoms with van der Waals surface area (Å²) in [4.78, 5) is 15.5. The number of H-pyrrole nitrogens is 1. The summed E-state index contributed by atoms with van der Waals surface area (Å²) in [6, 6.07) is 19.4. The topological polar surface area (TPSA) is 78.5 Å². The number of aromatic nitrogens is 2. The monoisotopic (exact) mass is 479 g/mol. The minimum atomic E-state index is -0.378. The van der Waals surface area contributed by atoms with Crippen molar-refractivity contribution in [3.63, 3.8) is 0 Å². The molecule has 2 heterocycles. The van der Waals surface area contributed by atoms with E-state index >= 15 is 0 Å². The van der Waals surface area contributed by atoms with Crippen molar-refractivity contribution < 1.29 is 14.6 Å². The lowest BCUT2D eigenvalue weighted by atomic mass is 9.94. The number of hydrogen-bond donors (Lipinski definition) is 2. The number of nitrogens with zero attached hydrogens (tertiary/aromatic N) is 2. The first-order valence-corrected chi connectivity index (χ1v) is 12.0. The van der Waals surface area contributed by atoms with Gasteiger partial charge in [0.25, 0.3) is 5.91 Å². The van der Waals surface area contributed by atoms with E-state index in [0.29, 0.717) is 30.1 Å². The Morgan fingerprint density at radius 3 is 2.47 bits per heavy atom. The molecule has 0 aliphatic carbocycles. The van der Waals surface area contributed by atoms with Crippen molar-refractivity contribution in [1.29, 1.82) is 0 Å². The van der Waals surface area contributed by atoms with Gasteiger partial charge in [0.1, 0.15) is 29.5 Å². The largest absolute Gasteiger partial charge is 0.507 e. The molecule has 5 rings (SSSR count).